The fourth-order valence-corrected chi connectivity index (χ4v) is 3.67. The third-order valence-corrected chi connectivity index (χ3v) is 4.93. The molecule has 1 amide bonds. The minimum atomic E-state index is -0.199. The number of benzene rings is 2. The highest BCUT2D eigenvalue weighted by atomic mass is 32.2. The number of amides is 1. The summed E-state index contributed by atoms with van der Waals surface area (Å²) < 4.78 is 10.6. The quantitative estimate of drug-likeness (QED) is 0.650. The van der Waals surface area contributed by atoms with Crippen LogP contribution in [0.3, 0.4) is 0 Å². The van der Waals surface area contributed by atoms with Crippen molar-refractivity contribution < 1.29 is 19.4 Å². The first-order chi connectivity index (χ1) is 12.0. The van der Waals surface area contributed by atoms with Crippen LogP contribution in [0.1, 0.15) is 5.56 Å². The van der Waals surface area contributed by atoms with Gasteiger partial charge in [-0.3, -0.25) is 9.69 Å². The first kappa shape index (κ1) is 17.3. The van der Waals surface area contributed by atoms with Crippen molar-refractivity contribution >= 4 is 46.0 Å². The van der Waals surface area contributed by atoms with Crippen LogP contribution in [0.5, 0.6) is 17.2 Å². The Hall–Kier alpha value is -2.51. The molecule has 3 rings (SSSR count). The van der Waals surface area contributed by atoms with Gasteiger partial charge in [0.25, 0.3) is 5.91 Å². The summed E-state index contributed by atoms with van der Waals surface area (Å²) in [6.07, 6.45) is 1.70. The average Bonchev–Trinajstić information content (AvgIpc) is 2.89. The molecule has 1 heterocycles. The number of hydrogen-bond acceptors (Lipinski definition) is 6. The molecule has 1 aliphatic rings. The van der Waals surface area contributed by atoms with Crippen molar-refractivity contribution in [1.29, 1.82) is 0 Å². The van der Waals surface area contributed by atoms with Gasteiger partial charge in [0, 0.05) is 0 Å². The molecule has 5 nitrogen and oxygen atoms in total. The van der Waals surface area contributed by atoms with Crippen molar-refractivity contribution in [3.05, 3.63) is 52.9 Å². The van der Waals surface area contributed by atoms with Crippen LogP contribution in [-0.2, 0) is 4.79 Å². The standard InChI is InChI=1S/C18H15NO4S2/c1-22-13-6-4-12(5-7-13)19-17(21)16(25-18(19)24)10-11-3-8-15(23-2)14(20)9-11/h3-10,20H,1-2H3/b16-10-. The number of phenolic OH excluding ortho intramolecular Hbond substituents is 1. The molecule has 2 aromatic rings. The number of thiocarbonyl (C=S) groups is 1. The van der Waals surface area contributed by atoms with E-state index in [4.69, 9.17) is 21.7 Å². The van der Waals surface area contributed by atoms with Gasteiger partial charge in [-0.15, -0.1) is 0 Å². The molecule has 0 aliphatic carbocycles. The first-order valence-corrected chi connectivity index (χ1v) is 8.55. The number of anilines is 1. The van der Waals surface area contributed by atoms with Crippen molar-refractivity contribution in [3.63, 3.8) is 0 Å². The second-order valence-corrected chi connectivity index (χ2v) is 6.82. The Labute approximate surface area is 154 Å². The van der Waals surface area contributed by atoms with Crippen LogP contribution in [0.15, 0.2) is 47.4 Å². The molecule has 1 fully saturated rings. The molecule has 0 aromatic heterocycles. The van der Waals surface area contributed by atoms with Crippen molar-refractivity contribution in [3.8, 4) is 17.2 Å². The summed E-state index contributed by atoms with van der Waals surface area (Å²) in [4.78, 5) is 14.7. The van der Waals surface area contributed by atoms with E-state index in [0.717, 1.165) is 0 Å². The van der Waals surface area contributed by atoms with Gasteiger partial charge in [0.1, 0.15) is 5.75 Å². The van der Waals surface area contributed by atoms with E-state index >= 15 is 0 Å². The van der Waals surface area contributed by atoms with Gasteiger partial charge in [-0.1, -0.05) is 30.0 Å². The normalized spacial score (nSPS) is 15.8. The molecule has 0 unspecified atom stereocenters. The van der Waals surface area contributed by atoms with Crippen LogP contribution in [0.25, 0.3) is 6.08 Å². The minimum absolute atomic E-state index is 0.0156. The second kappa shape index (κ2) is 7.16. The maximum Gasteiger partial charge on any atom is 0.270 e. The summed E-state index contributed by atoms with van der Waals surface area (Å²) in [5.41, 5.74) is 1.37. The highest BCUT2D eigenvalue weighted by molar-refractivity contribution is 8.27. The number of hydrogen-bond donors (Lipinski definition) is 1. The number of methoxy groups -OCH3 is 2. The lowest BCUT2D eigenvalue weighted by Crippen LogP contribution is -2.27. The third-order valence-electron chi connectivity index (χ3n) is 3.63. The van der Waals surface area contributed by atoms with E-state index < -0.39 is 0 Å². The Morgan fingerprint density at radius 1 is 1.12 bits per heavy atom. The van der Waals surface area contributed by atoms with Crippen molar-refractivity contribution in [1.82, 2.24) is 0 Å². The van der Waals surface area contributed by atoms with Crippen molar-refractivity contribution in [2.45, 2.75) is 0 Å². The predicted octanol–water partition coefficient (Wildman–Crippen LogP) is 3.82. The maximum absolute atomic E-state index is 12.7. The molecule has 0 bridgehead atoms. The molecule has 25 heavy (non-hydrogen) atoms. The number of carbonyl (C=O) groups excluding carboxylic acids is 1. The highest BCUT2D eigenvalue weighted by Gasteiger charge is 2.33. The van der Waals surface area contributed by atoms with Gasteiger partial charge in [0.15, 0.2) is 15.8 Å². The number of ether oxygens (including phenoxy) is 2. The van der Waals surface area contributed by atoms with E-state index in [1.165, 1.54) is 23.8 Å². The second-order valence-electron chi connectivity index (χ2n) is 5.15. The monoisotopic (exact) mass is 373 g/mol. The SMILES string of the molecule is COc1ccc(N2C(=O)/C(=C/c3ccc(OC)c(O)c3)SC2=S)cc1. The molecule has 0 spiro atoms. The fourth-order valence-electron chi connectivity index (χ4n) is 2.37. The molecule has 128 valence electrons. The van der Waals surface area contributed by atoms with Crippen molar-refractivity contribution in [2.24, 2.45) is 0 Å². The number of thioether (sulfide) groups is 1. The van der Waals surface area contributed by atoms with E-state index in [9.17, 15) is 9.90 Å². The highest BCUT2D eigenvalue weighted by Crippen LogP contribution is 2.37. The van der Waals surface area contributed by atoms with E-state index in [-0.39, 0.29) is 11.7 Å². The minimum Gasteiger partial charge on any atom is -0.504 e. The number of rotatable bonds is 4. The van der Waals surface area contributed by atoms with Gasteiger partial charge in [-0.2, -0.15) is 0 Å². The van der Waals surface area contributed by atoms with E-state index in [0.29, 0.717) is 32.0 Å². The Morgan fingerprint density at radius 2 is 1.84 bits per heavy atom. The van der Waals surface area contributed by atoms with Gasteiger partial charge >= 0.3 is 0 Å². The Morgan fingerprint density at radius 3 is 2.44 bits per heavy atom. The summed E-state index contributed by atoms with van der Waals surface area (Å²) >= 11 is 6.57. The zero-order valence-corrected chi connectivity index (χ0v) is 15.2. The smallest absolute Gasteiger partial charge is 0.270 e. The van der Waals surface area contributed by atoms with Crippen LogP contribution < -0.4 is 14.4 Å². The third kappa shape index (κ3) is 3.47. The van der Waals surface area contributed by atoms with Crippen molar-refractivity contribution in [2.75, 3.05) is 19.1 Å². The van der Waals surface area contributed by atoms with Gasteiger partial charge in [0.2, 0.25) is 0 Å². The number of nitrogens with zero attached hydrogens (tertiary/aromatic N) is 1. The summed E-state index contributed by atoms with van der Waals surface area (Å²) in [5, 5.41) is 9.87. The van der Waals surface area contributed by atoms with Gasteiger partial charge in [-0.05, 0) is 48.0 Å². The number of carbonyl (C=O) groups is 1. The Balaban J connectivity index is 1.88. The van der Waals surface area contributed by atoms with E-state index in [1.807, 2.05) is 0 Å². The first-order valence-electron chi connectivity index (χ1n) is 7.32. The number of aromatic hydroxyl groups is 1. The molecule has 2 aromatic carbocycles. The largest absolute Gasteiger partial charge is 0.504 e. The van der Waals surface area contributed by atoms with Crippen LogP contribution in [-0.4, -0.2) is 29.6 Å². The molecular formula is C18H15NO4S2. The van der Waals surface area contributed by atoms with Crippen LogP contribution >= 0.6 is 24.0 Å². The predicted molar refractivity (Wildman–Crippen MR) is 103 cm³/mol. The molecule has 1 N–H and O–H groups in total. The molecule has 7 heteroatoms. The lowest BCUT2D eigenvalue weighted by molar-refractivity contribution is -0.113. The van der Waals surface area contributed by atoms with Gasteiger partial charge < -0.3 is 14.6 Å². The van der Waals surface area contributed by atoms with Crippen LogP contribution in [0.2, 0.25) is 0 Å². The zero-order valence-electron chi connectivity index (χ0n) is 13.6. The fraction of sp³-hybridized carbons (Fsp3) is 0.111. The lowest BCUT2D eigenvalue weighted by atomic mass is 10.2. The van der Waals surface area contributed by atoms with Gasteiger partial charge in [0.05, 0.1) is 24.8 Å². The molecule has 0 radical (unpaired) electrons. The van der Waals surface area contributed by atoms with Crippen LogP contribution in [0.4, 0.5) is 5.69 Å². The van der Waals surface area contributed by atoms with Crippen LogP contribution in [0, 0.1) is 0 Å². The zero-order chi connectivity index (χ0) is 18.0. The molecule has 1 saturated heterocycles. The van der Waals surface area contributed by atoms with E-state index in [1.54, 1.807) is 55.7 Å². The Kier molecular flexibility index (Phi) is 4.96. The molecule has 0 saturated carbocycles. The molecule has 1 aliphatic heterocycles. The molecule has 0 atom stereocenters. The maximum atomic E-state index is 12.7. The summed E-state index contributed by atoms with van der Waals surface area (Å²) in [7, 11) is 3.07. The number of phenols is 1. The molecular weight excluding hydrogens is 358 g/mol. The average molecular weight is 373 g/mol. The summed E-state index contributed by atoms with van der Waals surface area (Å²) in [5.74, 6) is 0.902. The van der Waals surface area contributed by atoms with E-state index in [2.05, 4.69) is 0 Å². The lowest BCUT2D eigenvalue weighted by Gasteiger charge is -2.14. The van der Waals surface area contributed by atoms with Gasteiger partial charge in [-0.25, -0.2) is 0 Å². The summed E-state index contributed by atoms with van der Waals surface area (Å²) in [6.45, 7) is 0. The Bertz CT molecular complexity index is 862. The topological polar surface area (TPSA) is 59.0 Å². The summed E-state index contributed by atoms with van der Waals surface area (Å²) in [6, 6.07) is 12.1.